The number of nitrogens with one attached hydrogen (secondary N) is 2. The van der Waals surface area contributed by atoms with Gasteiger partial charge in [0.05, 0.1) is 19.2 Å². The number of ether oxygens (including phenoxy) is 2. The predicted molar refractivity (Wildman–Crippen MR) is 109 cm³/mol. The van der Waals surface area contributed by atoms with Crippen LogP contribution in [0.25, 0.3) is 0 Å². The zero-order valence-corrected chi connectivity index (χ0v) is 17.6. The summed E-state index contributed by atoms with van der Waals surface area (Å²) < 4.78 is 11.4. The van der Waals surface area contributed by atoms with Crippen LogP contribution in [0.1, 0.15) is 39.2 Å². The Morgan fingerprint density at radius 1 is 1.36 bits per heavy atom. The highest BCUT2D eigenvalue weighted by Gasteiger charge is 2.16. The third-order valence-corrected chi connectivity index (χ3v) is 4.06. The van der Waals surface area contributed by atoms with Gasteiger partial charge >= 0.3 is 0 Å². The van der Waals surface area contributed by atoms with Gasteiger partial charge in [-0.15, -0.1) is 0 Å². The van der Waals surface area contributed by atoms with E-state index in [0.29, 0.717) is 24.9 Å². The summed E-state index contributed by atoms with van der Waals surface area (Å²) in [4.78, 5) is 22.3. The van der Waals surface area contributed by atoms with E-state index in [4.69, 9.17) is 9.47 Å². The summed E-state index contributed by atoms with van der Waals surface area (Å²) in [5, 5.41) is 6.35. The van der Waals surface area contributed by atoms with Crippen LogP contribution in [-0.2, 0) is 16.1 Å². The van der Waals surface area contributed by atoms with Crippen molar-refractivity contribution in [2.45, 2.75) is 51.9 Å². The highest BCUT2D eigenvalue weighted by molar-refractivity contribution is 5.86. The van der Waals surface area contributed by atoms with Crippen molar-refractivity contribution >= 4 is 11.9 Å². The number of hydrogen-bond donors (Lipinski definition) is 2. The SMILES string of the molecule is CN(C)C(=O)CNC(=NCc1ccc(OC(C)(C)C)nc1)NCC1CCCO1. The van der Waals surface area contributed by atoms with Gasteiger partial charge in [0.15, 0.2) is 5.96 Å². The summed E-state index contributed by atoms with van der Waals surface area (Å²) >= 11 is 0. The van der Waals surface area contributed by atoms with Crippen molar-refractivity contribution in [3.63, 3.8) is 0 Å². The lowest BCUT2D eigenvalue weighted by atomic mass is 10.2. The van der Waals surface area contributed by atoms with Gasteiger partial charge in [-0.1, -0.05) is 6.07 Å². The molecule has 0 bridgehead atoms. The van der Waals surface area contributed by atoms with E-state index in [1.165, 1.54) is 0 Å². The molecule has 2 heterocycles. The molecule has 28 heavy (non-hydrogen) atoms. The number of amides is 1. The molecule has 8 heteroatoms. The molecule has 1 aromatic rings. The molecule has 2 N–H and O–H groups in total. The maximum absolute atomic E-state index is 11.9. The Kier molecular flexibility index (Phi) is 8.04. The van der Waals surface area contributed by atoms with Crippen molar-refractivity contribution in [3.8, 4) is 5.88 Å². The van der Waals surface area contributed by atoms with E-state index >= 15 is 0 Å². The smallest absolute Gasteiger partial charge is 0.241 e. The molecule has 0 aliphatic carbocycles. The number of hydrogen-bond acceptors (Lipinski definition) is 5. The number of aromatic nitrogens is 1. The number of nitrogens with zero attached hydrogens (tertiary/aromatic N) is 3. The van der Waals surface area contributed by atoms with E-state index in [2.05, 4.69) is 20.6 Å². The van der Waals surface area contributed by atoms with Crippen LogP contribution in [0.5, 0.6) is 5.88 Å². The number of carbonyl (C=O) groups excluding carboxylic acids is 1. The normalized spacial score (nSPS) is 17.3. The molecular weight excluding hydrogens is 358 g/mol. The molecule has 0 radical (unpaired) electrons. The number of rotatable bonds is 7. The fourth-order valence-corrected chi connectivity index (χ4v) is 2.56. The van der Waals surface area contributed by atoms with Gasteiger partial charge in [-0.3, -0.25) is 4.79 Å². The maximum Gasteiger partial charge on any atom is 0.241 e. The predicted octanol–water partition coefficient (Wildman–Crippen LogP) is 1.56. The van der Waals surface area contributed by atoms with Gasteiger partial charge in [0, 0.05) is 39.5 Å². The molecule has 1 saturated heterocycles. The standard InChI is InChI=1S/C20H33N5O3/c1-20(2,3)28-17-9-8-15(11-21-17)12-22-19(24-14-18(26)25(4)5)23-13-16-7-6-10-27-16/h8-9,11,16H,6-7,10,12-14H2,1-5H3,(H2,22,23,24). The van der Waals surface area contributed by atoms with Crippen LogP contribution in [-0.4, -0.2) is 67.2 Å². The van der Waals surface area contributed by atoms with Crippen LogP contribution < -0.4 is 15.4 Å². The topological polar surface area (TPSA) is 88.1 Å². The van der Waals surface area contributed by atoms with Crippen LogP contribution in [0.15, 0.2) is 23.3 Å². The van der Waals surface area contributed by atoms with E-state index in [9.17, 15) is 4.79 Å². The molecule has 1 amide bonds. The lowest BCUT2D eigenvalue weighted by Gasteiger charge is -2.20. The van der Waals surface area contributed by atoms with Crippen LogP contribution in [0.2, 0.25) is 0 Å². The average molecular weight is 392 g/mol. The minimum absolute atomic E-state index is 0.0167. The van der Waals surface area contributed by atoms with Crippen LogP contribution in [0, 0.1) is 0 Å². The lowest BCUT2D eigenvalue weighted by Crippen LogP contribution is -2.45. The third kappa shape index (κ3) is 8.12. The Bertz CT molecular complexity index is 647. The average Bonchev–Trinajstić information content (AvgIpc) is 3.14. The Balaban J connectivity index is 1.95. The molecule has 0 saturated carbocycles. The number of carbonyl (C=O) groups is 1. The fraction of sp³-hybridized carbons (Fsp3) is 0.650. The summed E-state index contributed by atoms with van der Waals surface area (Å²) in [6.45, 7) is 8.05. The van der Waals surface area contributed by atoms with Crippen molar-refractivity contribution in [3.05, 3.63) is 23.9 Å². The van der Waals surface area contributed by atoms with Crippen molar-refractivity contribution < 1.29 is 14.3 Å². The molecule has 156 valence electrons. The molecule has 2 rings (SSSR count). The Morgan fingerprint density at radius 3 is 2.71 bits per heavy atom. The largest absolute Gasteiger partial charge is 0.472 e. The third-order valence-electron chi connectivity index (χ3n) is 4.06. The molecule has 0 aromatic carbocycles. The first kappa shape index (κ1) is 21.9. The lowest BCUT2D eigenvalue weighted by molar-refractivity contribution is -0.127. The quantitative estimate of drug-likeness (QED) is 0.542. The molecule has 1 aromatic heterocycles. The molecule has 1 aliphatic rings. The van der Waals surface area contributed by atoms with Crippen molar-refractivity contribution in [2.24, 2.45) is 4.99 Å². The maximum atomic E-state index is 11.9. The van der Waals surface area contributed by atoms with Crippen molar-refractivity contribution in [2.75, 3.05) is 33.8 Å². The number of pyridine rings is 1. The Hall–Kier alpha value is -2.35. The monoisotopic (exact) mass is 391 g/mol. The van der Waals surface area contributed by atoms with Gasteiger partial charge in [0.2, 0.25) is 11.8 Å². The van der Waals surface area contributed by atoms with Crippen molar-refractivity contribution in [1.82, 2.24) is 20.5 Å². The minimum Gasteiger partial charge on any atom is -0.472 e. The van der Waals surface area contributed by atoms with Gasteiger partial charge in [-0.2, -0.15) is 0 Å². The van der Waals surface area contributed by atoms with E-state index in [0.717, 1.165) is 25.0 Å². The first-order valence-electron chi connectivity index (χ1n) is 9.71. The second-order valence-electron chi connectivity index (χ2n) is 8.04. The fourth-order valence-electron chi connectivity index (χ4n) is 2.56. The summed E-state index contributed by atoms with van der Waals surface area (Å²) in [6.07, 6.45) is 4.07. The summed E-state index contributed by atoms with van der Waals surface area (Å²) in [6, 6.07) is 3.79. The molecular formula is C20H33N5O3. The van der Waals surface area contributed by atoms with Gasteiger partial charge in [0.1, 0.15) is 5.60 Å². The number of likely N-dealkylation sites (N-methyl/N-ethyl adjacent to an activating group) is 1. The first-order valence-corrected chi connectivity index (χ1v) is 9.71. The van der Waals surface area contributed by atoms with Crippen LogP contribution in [0.3, 0.4) is 0 Å². The molecule has 0 spiro atoms. The van der Waals surface area contributed by atoms with E-state index < -0.39 is 0 Å². The van der Waals surface area contributed by atoms with Gasteiger partial charge in [-0.05, 0) is 39.2 Å². The van der Waals surface area contributed by atoms with Crippen LogP contribution in [0.4, 0.5) is 0 Å². The summed E-state index contributed by atoms with van der Waals surface area (Å²) in [5.74, 6) is 1.16. The minimum atomic E-state index is -0.283. The molecule has 1 unspecified atom stereocenters. The number of guanidine groups is 1. The molecule has 1 fully saturated rings. The first-order chi connectivity index (χ1) is 13.2. The zero-order valence-electron chi connectivity index (χ0n) is 17.6. The van der Waals surface area contributed by atoms with Crippen LogP contribution >= 0.6 is 0 Å². The molecule has 1 aliphatic heterocycles. The van der Waals surface area contributed by atoms with E-state index in [1.54, 1.807) is 25.2 Å². The molecule has 1 atom stereocenters. The zero-order chi connectivity index (χ0) is 20.6. The second kappa shape index (κ2) is 10.3. The van der Waals surface area contributed by atoms with Gasteiger partial charge in [-0.25, -0.2) is 9.98 Å². The Labute approximate surface area is 167 Å². The second-order valence-corrected chi connectivity index (χ2v) is 8.04. The van der Waals surface area contributed by atoms with Crippen molar-refractivity contribution in [1.29, 1.82) is 0 Å². The Morgan fingerprint density at radius 2 is 2.14 bits per heavy atom. The van der Waals surface area contributed by atoms with Gasteiger partial charge < -0.3 is 25.0 Å². The summed E-state index contributed by atoms with van der Waals surface area (Å²) in [5.41, 5.74) is 0.674. The van der Waals surface area contributed by atoms with E-state index in [1.807, 2.05) is 32.9 Å². The van der Waals surface area contributed by atoms with E-state index in [-0.39, 0.29) is 24.2 Å². The van der Waals surface area contributed by atoms with Gasteiger partial charge in [0.25, 0.3) is 0 Å². The highest BCUT2D eigenvalue weighted by atomic mass is 16.5. The highest BCUT2D eigenvalue weighted by Crippen LogP contribution is 2.15. The number of aliphatic imine (C=N–C) groups is 1. The summed E-state index contributed by atoms with van der Waals surface area (Å²) in [7, 11) is 3.46. The molecule has 8 nitrogen and oxygen atoms in total.